The molecule has 1 amide bonds. The summed E-state index contributed by atoms with van der Waals surface area (Å²) in [4.78, 5) is 14.0. The van der Waals surface area contributed by atoms with Crippen LogP contribution in [0.25, 0.3) is 0 Å². The molecule has 0 aromatic heterocycles. The lowest BCUT2D eigenvalue weighted by Gasteiger charge is -2.31. The van der Waals surface area contributed by atoms with Gasteiger partial charge < -0.3 is 10.2 Å². The summed E-state index contributed by atoms with van der Waals surface area (Å²) in [6.07, 6.45) is 4.98. The molecule has 16 heavy (non-hydrogen) atoms. The summed E-state index contributed by atoms with van der Waals surface area (Å²) >= 11 is 0. The van der Waals surface area contributed by atoms with E-state index in [1.807, 2.05) is 4.90 Å². The van der Waals surface area contributed by atoms with Gasteiger partial charge in [0.25, 0.3) is 0 Å². The number of hydrogen-bond donors (Lipinski definition) is 1. The van der Waals surface area contributed by atoms with Crippen molar-refractivity contribution in [3.05, 3.63) is 0 Å². The van der Waals surface area contributed by atoms with Gasteiger partial charge in [-0.2, -0.15) is 0 Å². The summed E-state index contributed by atoms with van der Waals surface area (Å²) in [5.74, 6) is 1.13. The molecule has 0 radical (unpaired) electrons. The number of rotatable bonds is 4. The van der Waals surface area contributed by atoms with Gasteiger partial charge in [0.15, 0.2) is 0 Å². The van der Waals surface area contributed by atoms with Crippen molar-refractivity contribution in [3.63, 3.8) is 0 Å². The van der Waals surface area contributed by atoms with Crippen molar-refractivity contribution in [1.29, 1.82) is 0 Å². The fourth-order valence-electron chi connectivity index (χ4n) is 2.37. The molecule has 1 saturated heterocycles. The summed E-state index contributed by atoms with van der Waals surface area (Å²) in [5, 5.41) is 3.27. The highest BCUT2D eigenvalue weighted by molar-refractivity contribution is 5.85. The Hall–Kier alpha value is -0.280. The topological polar surface area (TPSA) is 32.3 Å². The fourth-order valence-corrected chi connectivity index (χ4v) is 2.37. The third kappa shape index (κ3) is 3.36. The van der Waals surface area contributed by atoms with Crippen LogP contribution in [0.2, 0.25) is 0 Å². The molecular weight excluding hydrogens is 224 g/mol. The van der Waals surface area contributed by atoms with Crippen molar-refractivity contribution >= 4 is 18.3 Å². The van der Waals surface area contributed by atoms with Crippen LogP contribution in [0.15, 0.2) is 0 Å². The number of carbonyl (C=O) groups is 1. The van der Waals surface area contributed by atoms with Crippen molar-refractivity contribution in [3.8, 4) is 0 Å². The lowest BCUT2D eigenvalue weighted by Crippen LogP contribution is -2.46. The molecule has 2 fully saturated rings. The second-order valence-corrected chi connectivity index (χ2v) is 5.54. The van der Waals surface area contributed by atoms with Crippen LogP contribution in [0.1, 0.15) is 39.5 Å². The van der Waals surface area contributed by atoms with Gasteiger partial charge in [-0.1, -0.05) is 0 Å². The number of halogens is 1. The van der Waals surface area contributed by atoms with E-state index in [9.17, 15) is 4.79 Å². The highest BCUT2D eigenvalue weighted by Crippen LogP contribution is 2.29. The molecule has 94 valence electrons. The minimum atomic E-state index is 0. The van der Waals surface area contributed by atoms with Crippen LogP contribution >= 0.6 is 12.4 Å². The van der Waals surface area contributed by atoms with Crippen LogP contribution in [0.3, 0.4) is 0 Å². The smallest absolute Gasteiger partial charge is 0.236 e. The number of carbonyl (C=O) groups excluding carboxylic acids is 1. The quantitative estimate of drug-likeness (QED) is 0.821. The Morgan fingerprint density at radius 3 is 2.62 bits per heavy atom. The normalized spacial score (nSPS) is 23.0. The second kappa shape index (κ2) is 5.37. The predicted octanol–water partition coefficient (Wildman–Crippen LogP) is 1.81. The summed E-state index contributed by atoms with van der Waals surface area (Å²) in [6.45, 7) is 6.83. The predicted molar refractivity (Wildman–Crippen MR) is 67.9 cm³/mol. The van der Waals surface area contributed by atoms with E-state index < -0.39 is 0 Å². The molecule has 1 aliphatic heterocycles. The highest BCUT2D eigenvalue weighted by atomic mass is 35.5. The van der Waals surface area contributed by atoms with Crippen molar-refractivity contribution in [1.82, 2.24) is 10.2 Å². The standard InChI is InChI=1S/C12H22N2O.ClH/c1-12(2)6-3-7-14(12)11(15)9-13-8-10-4-5-10;/h10,13H,3-9H2,1-2H3;1H. The largest absolute Gasteiger partial charge is 0.336 e. The summed E-state index contributed by atoms with van der Waals surface area (Å²) in [5.41, 5.74) is 0.0817. The van der Waals surface area contributed by atoms with Crippen LogP contribution < -0.4 is 5.32 Å². The minimum Gasteiger partial charge on any atom is -0.336 e. The third-order valence-corrected chi connectivity index (χ3v) is 3.61. The summed E-state index contributed by atoms with van der Waals surface area (Å²) in [7, 11) is 0. The Balaban J connectivity index is 0.00000128. The molecule has 2 aliphatic rings. The van der Waals surface area contributed by atoms with Gasteiger partial charge in [-0.3, -0.25) is 4.79 Å². The van der Waals surface area contributed by atoms with Crippen LogP contribution in [0, 0.1) is 5.92 Å². The van der Waals surface area contributed by atoms with E-state index in [1.54, 1.807) is 0 Å². The molecule has 1 aliphatic carbocycles. The maximum atomic E-state index is 11.9. The van der Waals surface area contributed by atoms with Crippen molar-refractivity contribution < 1.29 is 4.79 Å². The third-order valence-electron chi connectivity index (χ3n) is 3.61. The number of amides is 1. The molecule has 2 rings (SSSR count). The van der Waals surface area contributed by atoms with Gasteiger partial charge in [0.2, 0.25) is 5.91 Å². The van der Waals surface area contributed by atoms with Crippen molar-refractivity contribution in [2.45, 2.75) is 45.1 Å². The van der Waals surface area contributed by atoms with E-state index in [0.717, 1.165) is 31.8 Å². The summed E-state index contributed by atoms with van der Waals surface area (Å²) in [6, 6.07) is 0. The Bertz CT molecular complexity index is 251. The molecule has 0 spiro atoms. The number of nitrogens with one attached hydrogen (secondary N) is 1. The zero-order valence-electron chi connectivity index (χ0n) is 10.3. The van der Waals surface area contributed by atoms with Gasteiger partial charge in [0.1, 0.15) is 0 Å². The SMILES string of the molecule is CC1(C)CCCN1C(=O)CNCC1CC1.Cl. The van der Waals surface area contributed by atoms with Crippen LogP contribution in [0.4, 0.5) is 0 Å². The van der Waals surface area contributed by atoms with Crippen molar-refractivity contribution in [2.24, 2.45) is 5.92 Å². The van der Waals surface area contributed by atoms with Gasteiger partial charge in [-0.25, -0.2) is 0 Å². The Labute approximate surface area is 104 Å². The molecule has 1 heterocycles. The molecule has 0 aromatic rings. The zero-order chi connectivity index (χ0) is 10.9. The van der Waals surface area contributed by atoms with Crippen LogP contribution in [-0.4, -0.2) is 36.0 Å². The first-order valence-corrected chi connectivity index (χ1v) is 6.11. The van der Waals surface area contributed by atoms with E-state index in [-0.39, 0.29) is 23.9 Å². The van der Waals surface area contributed by atoms with Gasteiger partial charge in [-0.05, 0) is 52.0 Å². The minimum absolute atomic E-state index is 0. The average Bonchev–Trinajstić information content (AvgIpc) is 2.89. The van der Waals surface area contributed by atoms with Gasteiger partial charge in [-0.15, -0.1) is 12.4 Å². The van der Waals surface area contributed by atoms with Crippen LogP contribution in [-0.2, 0) is 4.79 Å². The molecule has 0 aromatic carbocycles. The lowest BCUT2D eigenvalue weighted by atomic mass is 10.0. The van der Waals surface area contributed by atoms with E-state index in [2.05, 4.69) is 19.2 Å². The molecule has 3 nitrogen and oxygen atoms in total. The molecule has 0 bridgehead atoms. The molecule has 0 atom stereocenters. The van der Waals surface area contributed by atoms with E-state index in [4.69, 9.17) is 0 Å². The number of likely N-dealkylation sites (tertiary alicyclic amines) is 1. The number of nitrogens with zero attached hydrogens (tertiary/aromatic N) is 1. The number of hydrogen-bond acceptors (Lipinski definition) is 2. The van der Waals surface area contributed by atoms with Gasteiger partial charge in [0, 0.05) is 12.1 Å². The van der Waals surface area contributed by atoms with E-state index >= 15 is 0 Å². The molecule has 1 saturated carbocycles. The van der Waals surface area contributed by atoms with E-state index in [1.165, 1.54) is 12.8 Å². The van der Waals surface area contributed by atoms with E-state index in [0.29, 0.717) is 6.54 Å². The lowest BCUT2D eigenvalue weighted by molar-refractivity contribution is -0.133. The molecular formula is C12H23ClN2O. The highest BCUT2D eigenvalue weighted by Gasteiger charge is 2.34. The Kier molecular flexibility index (Phi) is 4.62. The monoisotopic (exact) mass is 246 g/mol. The molecule has 1 N–H and O–H groups in total. The van der Waals surface area contributed by atoms with Crippen molar-refractivity contribution in [2.75, 3.05) is 19.6 Å². The van der Waals surface area contributed by atoms with Crippen LogP contribution in [0.5, 0.6) is 0 Å². The average molecular weight is 247 g/mol. The van der Waals surface area contributed by atoms with Gasteiger partial charge in [0.05, 0.1) is 6.54 Å². The summed E-state index contributed by atoms with van der Waals surface area (Å²) < 4.78 is 0. The maximum Gasteiger partial charge on any atom is 0.236 e. The molecule has 4 heteroatoms. The Morgan fingerprint density at radius 2 is 2.12 bits per heavy atom. The Morgan fingerprint density at radius 1 is 1.44 bits per heavy atom. The first-order valence-electron chi connectivity index (χ1n) is 6.11. The fraction of sp³-hybridized carbons (Fsp3) is 0.917. The van der Waals surface area contributed by atoms with Gasteiger partial charge >= 0.3 is 0 Å². The zero-order valence-corrected chi connectivity index (χ0v) is 11.1. The second-order valence-electron chi connectivity index (χ2n) is 5.54. The molecule has 0 unspecified atom stereocenters. The first-order chi connectivity index (χ1) is 7.09. The first kappa shape index (κ1) is 13.8. The maximum absolute atomic E-state index is 11.9.